The largest absolute Gasteiger partial charge is 0.491 e. The van der Waals surface area contributed by atoms with Gasteiger partial charge in [0.2, 0.25) is 0 Å². The third kappa shape index (κ3) is 4.61. The molecule has 5 heteroatoms. The van der Waals surface area contributed by atoms with Crippen LogP contribution in [-0.4, -0.2) is 43.1 Å². The van der Waals surface area contributed by atoms with Crippen LogP contribution in [0.15, 0.2) is 28.7 Å². The molecular formula is C21H30BrNO3. The van der Waals surface area contributed by atoms with Gasteiger partial charge in [0.1, 0.15) is 12.4 Å². The lowest BCUT2D eigenvalue weighted by Crippen LogP contribution is -2.59. The van der Waals surface area contributed by atoms with Crippen LogP contribution in [0.25, 0.3) is 0 Å². The fourth-order valence-electron chi connectivity index (χ4n) is 5.69. The van der Waals surface area contributed by atoms with Crippen molar-refractivity contribution in [1.82, 2.24) is 5.32 Å². The highest BCUT2D eigenvalue weighted by Crippen LogP contribution is 2.55. The van der Waals surface area contributed by atoms with Gasteiger partial charge in [-0.3, -0.25) is 0 Å². The average Bonchev–Trinajstić information content (AvgIpc) is 2.60. The van der Waals surface area contributed by atoms with Crippen molar-refractivity contribution in [2.45, 2.75) is 50.2 Å². The molecule has 2 N–H and O–H groups in total. The molecule has 1 atom stereocenters. The number of rotatable bonds is 9. The van der Waals surface area contributed by atoms with Crippen LogP contribution in [0.2, 0.25) is 0 Å². The molecule has 1 unspecified atom stereocenters. The maximum Gasteiger partial charge on any atom is 0.119 e. The zero-order valence-corrected chi connectivity index (χ0v) is 16.9. The van der Waals surface area contributed by atoms with E-state index < -0.39 is 6.10 Å². The first kappa shape index (κ1) is 18.7. The van der Waals surface area contributed by atoms with E-state index in [0.717, 1.165) is 28.0 Å². The van der Waals surface area contributed by atoms with Crippen LogP contribution in [0.5, 0.6) is 5.75 Å². The molecule has 26 heavy (non-hydrogen) atoms. The van der Waals surface area contributed by atoms with Gasteiger partial charge in [0, 0.05) is 16.6 Å². The Morgan fingerprint density at radius 2 is 1.65 bits per heavy atom. The summed E-state index contributed by atoms with van der Waals surface area (Å²) in [6.07, 6.45) is 7.84. The molecule has 0 aliphatic heterocycles. The summed E-state index contributed by atoms with van der Waals surface area (Å²) in [4.78, 5) is 0. The van der Waals surface area contributed by atoms with Gasteiger partial charge in [-0.05, 0) is 80.5 Å². The Labute approximate surface area is 164 Å². The summed E-state index contributed by atoms with van der Waals surface area (Å²) in [7, 11) is 0. The van der Waals surface area contributed by atoms with Gasteiger partial charge in [0.25, 0.3) is 0 Å². The van der Waals surface area contributed by atoms with Crippen LogP contribution < -0.4 is 10.1 Å². The Hall–Kier alpha value is -0.620. The minimum atomic E-state index is -0.448. The lowest BCUT2D eigenvalue weighted by molar-refractivity contribution is -0.0318. The molecule has 5 rings (SSSR count). The van der Waals surface area contributed by atoms with Gasteiger partial charge < -0.3 is 19.9 Å². The Balaban J connectivity index is 1.12. The lowest BCUT2D eigenvalue weighted by Gasteiger charge is -2.57. The van der Waals surface area contributed by atoms with Crippen LogP contribution in [0.3, 0.4) is 0 Å². The summed E-state index contributed by atoms with van der Waals surface area (Å²) in [5, 5.41) is 14.0. The Kier molecular flexibility index (Phi) is 5.89. The summed E-state index contributed by atoms with van der Waals surface area (Å²) >= 11 is 3.41. The standard InChI is InChI=1S/C21H30BrNO3/c22-18-1-3-20(4-2-18)26-6-5-25-14-19(24)13-23-21-10-15-7-16(11-21)9-17(8-15)12-21/h1-4,15-17,19,23-24H,5-14H2. The van der Waals surface area contributed by atoms with E-state index in [1.807, 2.05) is 24.3 Å². The van der Waals surface area contributed by atoms with E-state index in [9.17, 15) is 5.11 Å². The Morgan fingerprint density at radius 1 is 1.04 bits per heavy atom. The predicted molar refractivity (Wildman–Crippen MR) is 105 cm³/mol. The second-order valence-corrected chi connectivity index (χ2v) is 9.53. The molecule has 0 heterocycles. The van der Waals surface area contributed by atoms with Gasteiger partial charge in [-0.2, -0.15) is 0 Å². The number of β-amino-alcohol motifs (C(OH)–C–C–N with tert-alkyl or cyclic N) is 1. The zero-order valence-electron chi connectivity index (χ0n) is 15.3. The fourth-order valence-corrected chi connectivity index (χ4v) is 5.95. The normalized spacial score (nSPS) is 33.4. The van der Waals surface area contributed by atoms with Crippen LogP contribution in [0.4, 0.5) is 0 Å². The molecule has 1 aromatic rings. The van der Waals surface area contributed by atoms with Crippen LogP contribution in [-0.2, 0) is 4.74 Å². The molecule has 144 valence electrons. The van der Waals surface area contributed by atoms with Crippen LogP contribution in [0.1, 0.15) is 38.5 Å². The molecule has 4 aliphatic carbocycles. The van der Waals surface area contributed by atoms with Crippen molar-refractivity contribution >= 4 is 15.9 Å². The van der Waals surface area contributed by atoms with Crippen molar-refractivity contribution in [2.75, 3.05) is 26.4 Å². The molecule has 4 saturated carbocycles. The number of nitrogens with one attached hydrogen (secondary N) is 1. The molecule has 4 aliphatic rings. The first-order valence-corrected chi connectivity index (χ1v) is 10.8. The summed E-state index contributed by atoms with van der Waals surface area (Å²) in [5.74, 6) is 3.62. The third-order valence-corrected chi connectivity index (χ3v) is 6.90. The fraction of sp³-hybridized carbons (Fsp3) is 0.714. The monoisotopic (exact) mass is 423 g/mol. The van der Waals surface area contributed by atoms with Gasteiger partial charge in [0.05, 0.1) is 19.3 Å². The number of ether oxygens (including phenoxy) is 2. The molecule has 0 amide bonds. The molecule has 0 aromatic heterocycles. The lowest BCUT2D eigenvalue weighted by atomic mass is 9.53. The quantitative estimate of drug-likeness (QED) is 0.593. The van der Waals surface area contributed by atoms with Crippen molar-refractivity contribution in [3.05, 3.63) is 28.7 Å². The minimum Gasteiger partial charge on any atom is -0.491 e. The topological polar surface area (TPSA) is 50.7 Å². The smallest absolute Gasteiger partial charge is 0.119 e. The molecular weight excluding hydrogens is 394 g/mol. The SMILES string of the molecule is OC(CNC12CC3CC(CC(C3)C1)C2)COCCOc1ccc(Br)cc1. The molecule has 4 fully saturated rings. The van der Waals surface area contributed by atoms with Crippen molar-refractivity contribution in [3.8, 4) is 5.75 Å². The summed E-state index contributed by atoms with van der Waals surface area (Å²) in [6, 6.07) is 7.76. The van der Waals surface area contributed by atoms with Crippen LogP contribution in [0, 0.1) is 17.8 Å². The van der Waals surface area contributed by atoms with Gasteiger partial charge in [-0.1, -0.05) is 15.9 Å². The van der Waals surface area contributed by atoms with E-state index in [-0.39, 0.29) is 0 Å². The maximum absolute atomic E-state index is 10.3. The van der Waals surface area contributed by atoms with E-state index in [2.05, 4.69) is 21.2 Å². The van der Waals surface area contributed by atoms with Gasteiger partial charge in [-0.15, -0.1) is 0 Å². The zero-order chi connectivity index (χ0) is 18.0. The van der Waals surface area contributed by atoms with Crippen molar-refractivity contribution < 1.29 is 14.6 Å². The second kappa shape index (κ2) is 8.17. The predicted octanol–water partition coefficient (Wildman–Crippen LogP) is 3.76. The molecule has 0 spiro atoms. The minimum absolute atomic E-state index is 0.306. The molecule has 0 saturated heterocycles. The average molecular weight is 424 g/mol. The van der Waals surface area contributed by atoms with Gasteiger partial charge in [0.15, 0.2) is 0 Å². The van der Waals surface area contributed by atoms with Crippen molar-refractivity contribution in [2.24, 2.45) is 17.8 Å². The van der Waals surface area contributed by atoms with Crippen LogP contribution >= 0.6 is 15.9 Å². The molecule has 4 bridgehead atoms. The number of benzene rings is 1. The number of halogens is 1. The van der Waals surface area contributed by atoms with Crippen molar-refractivity contribution in [3.63, 3.8) is 0 Å². The van der Waals surface area contributed by atoms with Gasteiger partial charge in [-0.25, -0.2) is 0 Å². The summed E-state index contributed by atoms with van der Waals surface area (Å²) in [5.41, 5.74) is 0.306. The van der Waals surface area contributed by atoms with E-state index in [1.54, 1.807) is 0 Å². The third-order valence-electron chi connectivity index (χ3n) is 6.37. The second-order valence-electron chi connectivity index (χ2n) is 8.61. The first-order chi connectivity index (χ1) is 12.6. The number of aliphatic hydroxyl groups excluding tert-OH is 1. The highest BCUT2D eigenvalue weighted by Gasteiger charge is 2.50. The van der Waals surface area contributed by atoms with E-state index in [1.165, 1.54) is 38.5 Å². The Morgan fingerprint density at radius 3 is 2.27 bits per heavy atom. The maximum atomic E-state index is 10.3. The molecule has 4 nitrogen and oxygen atoms in total. The first-order valence-electron chi connectivity index (χ1n) is 9.99. The van der Waals surface area contributed by atoms with E-state index >= 15 is 0 Å². The molecule has 0 radical (unpaired) electrons. The highest BCUT2D eigenvalue weighted by molar-refractivity contribution is 9.10. The number of hydrogen-bond donors (Lipinski definition) is 2. The molecule has 1 aromatic carbocycles. The number of aliphatic hydroxyl groups is 1. The van der Waals surface area contributed by atoms with Crippen molar-refractivity contribution in [1.29, 1.82) is 0 Å². The van der Waals surface area contributed by atoms with E-state index in [4.69, 9.17) is 9.47 Å². The summed E-state index contributed by atoms with van der Waals surface area (Å²) < 4.78 is 12.3. The highest BCUT2D eigenvalue weighted by atomic mass is 79.9. The van der Waals surface area contributed by atoms with Gasteiger partial charge >= 0.3 is 0 Å². The van der Waals surface area contributed by atoms with E-state index in [0.29, 0.717) is 31.9 Å². The summed E-state index contributed by atoms with van der Waals surface area (Å²) in [6.45, 7) is 1.99. The number of hydrogen-bond acceptors (Lipinski definition) is 4. The Bertz CT molecular complexity index is 556.